The summed E-state index contributed by atoms with van der Waals surface area (Å²) in [6.07, 6.45) is 2.98. The first-order chi connectivity index (χ1) is 7.83. The van der Waals surface area contributed by atoms with Crippen LogP contribution in [0, 0.1) is 0 Å². The van der Waals surface area contributed by atoms with Gasteiger partial charge in [-0.2, -0.15) is 4.98 Å². The van der Waals surface area contributed by atoms with Gasteiger partial charge in [-0.15, -0.1) is 0 Å². The monoisotopic (exact) mass is 244 g/mol. The lowest BCUT2D eigenvalue weighted by Crippen LogP contribution is -2.37. The third-order valence-electron chi connectivity index (χ3n) is 1.84. The van der Waals surface area contributed by atoms with Crippen LogP contribution in [0.1, 0.15) is 12.3 Å². The van der Waals surface area contributed by atoms with E-state index in [4.69, 9.17) is 21.5 Å². The zero-order chi connectivity index (χ0) is 11.6. The van der Waals surface area contributed by atoms with Crippen LogP contribution in [-0.2, 0) is 11.2 Å². The van der Waals surface area contributed by atoms with Gasteiger partial charge in [-0.05, 0) is 18.6 Å². The van der Waals surface area contributed by atoms with Gasteiger partial charge in [0.1, 0.15) is 0 Å². The first-order valence-electron chi connectivity index (χ1n) is 5.09. The van der Waals surface area contributed by atoms with Crippen LogP contribution < -0.4 is 10.6 Å². The summed E-state index contributed by atoms with van der Waals surface area (Å²) in [6.45, 7) is 2.22. The minimum atomic E-state index is 0.606. The van der Waals surface area contributed by atoms with Crippen molar-refractivity contribution in [2.24, 2.45) is 0 Å². The van der Waals surface area contributed by atoms with E-state index < -0.39 is 0 Å². The van der Waals surface area contributed by atoms with Crippen molar-refractivity contribution in [3.63, 3.8) is 0 Å². The van der Waals surface area contributed by atoms with E-state index in [0.717, 1.165) is 19.6 Å². The van der Waals surface area contributed by atoms with Gasteiger partial charge >= 0.3 is 0 Å². The summed E-state index contributed by atoms with van der Waals surface area (Å²) < 4.78 is 9.77. The second-order valence-corrected chi connectivity index (χ2v) is 3.52. The van der Waals surface area contributed by atoms with Crippen molar-refractivity contribution in [3.8, 4) is 0 Å². The summed E-state index contributed by atoms with van der Waals surface area (Å²) in [6, 6.07) is 0. The molecule has 0 spiro atoms. The Balaban J connectivity index is 1.98. The molecule has 7 heteroatoms. The lowest BCUT2D eigenvalue weighted by atomic mass is 10.4. The Morgan fingerprint density at radius 1 is 1.50 bits per heavy atom. The number of hydrogen-bond donors (Lipinski definition) is 2. The highest BCUT2D eigenvalue weighted by Gasteiger charge is 1.99. The quantitative estimate of drug-likeness (QED) is 0.521. The summed E-state index contributed by atoms with van der Waals surface area (Å²) in [5.41, 5.74) is 0. The van der Waals surface area contributed by atoms with Gasteiger partial charge in [0.25, 0.3) is 0 Å². The topological polar surface area (TPSA) is 72.2 Å². The average Bonchev–Trinajstić information content (AvgIpc) is 2.77. The maximum atomic E-state index is 5.07. The van der Waals surface area contributed by atoms with E-state index in [9.17, 15) is 0 Å². The van der Waals surface area contributed by atoms with Crippen LogP contribution >= 0.6 is 12.2 Å². The Kier molecular flexibility index (Phi) is 6.43. The molecule has 1 aromatic rings. The summed E-state index contributed by atoms with van der Waals surface area (Å²) in [5, 5.41) is 10.3. The maximum Gasteiger partial charge on any atom is 0.228 e. The minimum Gasteiger partial charge on any atom is -0.385 e. The molecule has 6 nitrogen and oxygen atoms in total. The third kappa shape index (κ3) is 5.62. The molecule has 0 saturated carbocycles. The predicted molar refractivity (Wildman–Crippen MR) is 63.1 cm³/mol. The van der Waals surface area contributed by atoms with E-state index in [-0.39, 0.29) is 0 Å². The average molecular weight is 244 g/mol. The smallest absolute Gasteiger partial charge is 0.228 e. The van der Waals surface area contributed by atoms with E-state index in [1.54, 1.807) is 7.11 Å². The van der Waals surface area contributed by atoms with E-state index in [1.807, 2.05) is 0 Å². The van der Waals surface area contributed by atoms with E-state index in [0.29, 0.717) is 24.0 Å². The van der Waals surface area contributed by atoms with Gasteiger partial charge < -0.3 is 19.9 Å². The molecule has 16 heavy (non-hydrogen) atoms. The number of ether oxygens (including phenoxy) is 1. The summed E-state index contributed by atoms with van der Waals surface area (Å²) in [5.74, 6) is 0.606. The van der Waals surface area contributed by atoms with Gasteiger partial charge in [0.15, 0.2) is 11.4 Å². The summed E-state index contributed by atoms with van der Waals surface area (Å²) in [4.78, 5) is 3.90. The second kappa shape index (κ2) is 8.00. The molecule has 90 valence electrons. The minimum absolute atomic E-state index is 0.606. The first-order valence-corrected chi connectivity index (χ1v) is 5.50. The molecule has 0 bridgehead atoms. The fourth-order valence-corrected chi connectivity index (χ4v) is 1.27. The van der Waals surface area contributed by atoms with Crippen molar-refractivity contribution in [3.05, 3.63) is 12.2 Å². The molecule has 0 fully saturated rings. The molecule has 0 aliphatic carbocycles. The standard InChI is InChI=1S/C9H16N4O2S/c1-14-6-2-4-10-9(16)11-5-3-8-12-7-13-15-8/h7H,2-6H2,1H3,(H2,10,11,16). The molecule has 0 saturated heterocycles. The first kappa shape index (κ1) is 12.9. The van der Waals surface area contributed by atoms with Gasteiger partial charge in [-0.25, -0.2) is 0 Å². The van der Waals surface area contributed by atoms with Crippen LogP contribution in [0.15, 0.2) is 10.9 Å². The fraction of sp³-hybridized carbons (Fsp3) is 0.667. The fourth-order valence-electron chi connectivity index (χ4n) is 1.07. The zero-order valence-electron chi connectivity index (χ0n) is 9.23. The van der Waals surface area contributed by atoms with Crippen molar-refractivity contribution in [1.29, 1.82) is 0 Å². The molecule has 0 aliphatic heterocycles. The molecular weight excluding hydrogens is 228 g/mol. The van der Waals surface area contributed by atoms with Crippen molar-refractivity contribution < 1.29 is 9.26 Å². The Bertz CT molecular complexity index is 292. The second-order valence-electron chi connectivity index (χ2n) is 3.11. The molecule has 0 amide bonds. The highest BCUT2D eigenvalue weighted by atomic mass is 32.1. The number of aromatic nitrogens is 2. The van der Waals surface area contributed by atoms with Crippen molar-refractivity contribution >= 4 is 17.3 Å². The van der Waals surface area contributed by atoms with Gasteiger partial charge in [-0.1, -0.05) is 5.16 Å². The summed E-state index contributed by atoms with van der Waals surface area (Å²) in [7, 11) is 1.68. The Morgan fingerprint density at radius 2 is 2.31 bits per heavy atom. The van der Waals surface area contributed by atoms with Crippen LogP contribution in [0.2, 0.25) is 0 Å². The number of methoxy groups -OCH3 is 1. The number of thiocarbonyl (C=S) groups is 1. The highest BCUT2D eigenvalue weighted by molar-refractivity contribution is 7.80. The van der Waals surface area contributed by atoms with Gasteiger partial charge in [0, 0.05) is 33.2 Å². The highest BCUT2D eigenvalue weighted by Crippen LogP contribution is 1.90. The molecule has 1 heterocycles. The Hall–Kier alpha value is -1.21. The molecule has 2 N–H and O–H groups in total. The van der Waals surface area contributed by atoms with Crippen molar-refractivity contribution in [1.82, 2.24) is 20.8 Å². The zero-order valence-corrected chi connectivity index (χ0v) is 10.0. The SMILES string of the molecule is COCCCNC(=S)NCCc1ncno1. The molecule has 0 atom stereocenters. The molecule has 1 aromatic heterocycles. The molecule has 0 aliphatic rings. The normalized spacial score (nSPS) is 10.1. The molecule has 0 radical (unpaired) electrons. The molecule has 1 rings (SSSR count). The largest absolute Gasteiger partial charge is 0.385 e. The molecular formula is C9H16N4O2S. The van der Waals surface area contributed by atoms with Gasteiger partial charge in [0.2, 0.25) is 5.89 Å². The van der Waals surface area contributed by atoms with Crippen LogP contribution in [-0.4, -0.2) is 42.1 Å². The van der Waals surface area contributed by atoms with Crippen LogP contribution in [0.5, 0.6) is 0 Å². The number of hydrogen-bond acceptors (Lipinski definition) is 5. The van der Waals surface area contributed by atoms with Crippen molar-refractivity contribution in [2.75, 3.05) is 26.8 Å². The number of nitrogens with zero attached hydrogens (tertiary/aromatic N) is 2. The predicted octanol–water partition coefficient (Wildman–Crippen LogP) is 0.113. The Morgan fingerprint density at radius 3 is 3.00 bits per heavy atom. The third-order valence-corrected chi connectivity index (χ3v) is 2.13. The van der Waals surface area contributed by atoms with Gasteiger partial charge in [-0.3, -0.25) is 0 Å². The van der Waals surface area contributed by atoms with E-state index >= 15 is 0 Å². The molecule has 0 aromatic carbocycles. The number of nitrogens with one attached hydrogen (secondary N) is 2. The van der Waals surface area contributed by atoms with Crippen molar-refractivity contribution in [2.45, 2.75) is 12.8 Å². The lowest BCUT2D eigenvalue weighted by molar-refractivity contribution is 0.195. The van der Waals surface area contributed by atoms with E-state index in [1.165, 1.54) is 6.33 Å². The van der Waals surface area contributed by atoms with Crippen LogP contribution in [0.3, 0.4) is 0 Å². The Labute approximate surface area is 99.7 Å². The molecule has 0 unspecified atom stereocenters. The summed E-state index contributed by atoms with van der Waals surface area (Å²) >= 11 is 5.07. The maximum absolute atomic E-state index is 5.07. The number of rotatable bonds is 7. The van der Waals surface area contributed by atoms with E-state index in [2.05, 4.69) is 20.8 Å². The lowest BCUT2D eigenvalue weighted by Gasteiger charge is -2.08. The van der Waals surface area contributed by atoms with Crippen LogP contribution in [0.25, 0.3) is 0 Å². The van der Waals surface area contributed by atoms with Crippen LogP contribution in [0.4, 0.5) is 0 Å². The van der Waals surface area contributed by atoms with Gasteiger partial charge in [0.05, 0.1) is 0 Å².